The average molecular weight is 935 g/mol. The standard InChI is InChI=1S/C62H94O6/c1-4-7-10-13-16-19-22-25-28-30-32-34-37-40-43-46-49-52-55-61(64)67-58-59(57-66-60(63)54-51-48-45-42-39-36-33-27-24-21-18-15-12-9-6-3)68-62(65)56-53-50-47-44-41-38-35-31-29-26-23-20-17-14-11-8-5-2/h8-9,11-12,14-15,17-18,20-35,38,41,59H,4-7,10,13,16,19,36-37,39-40,42-58H2,1-3H3/b11-8-,12-9-,17-14-,18-15-,23-20-,24-21-,25-22-,29-26-,30-28-,33-27-,34-32-,35-31+,41-38-. The van der Waals surface area contributed by atoms with E-state index in [1.54, 1.807) is 0 Å². The second-order valence-corrected chi connectivity index (χ2v) is 17.0. The van der Waals surface area contributed by atoms with Gasteiger partial charge < -0.3 is 14.2 Å². The minimum absolute atomic E-state index is 0.123. The van der Waals surface area contributed by atoms with E-state index in [1.807, 2.05) is 85.1 Å². The Hall–Kier alpha value is -4.97. The topological polar surface area (TPSA) is 78.9 Å². The lowest BCUT2D eigenvalue weighted by molar-refractivity contribution is -0.167. The van der Waals surface area contributed by atoms with Crippen molar-refractivity contribution in [1.29, 1.82) is 0 Å². The Kier molecular flexibility index (Phi) is 50.6. The quantitative estimate of drug-likeness (QED) is 0.0262. The van der Waals surface area contributed by atoms with Crippen molar-refractivity contribution in [1.82, 2.24) is 0 Å². The number of ether oxygens (including phenoxy) is 3. The van der Waals surface area contributed by atoms with Crippen LogP contribution in [0.25, 0.3) is 0 Å². The Labute approximate surface area is 416 Å². The minimum atomic E-state index is -0.829. The highest BCUT2D eigenvalue weighted by molar-refractivity contribution is 5.71. The molecule has 378 valence electrons. The van der Waals surface area contributed by atoms with Crippen molar-refractivity contribution >= 4 is 17.9 Å². The molecule has 1 unspecified atom stereocenters. The molecule has 0 aromatic carbocycles. The summed E-state index contributed by atoms with van der Waals surface area (Å²) in [7, 11) is 0. The van der Waals surface area contributed by atoms with E-state index in [9.17, 15) is 14.4 Å². The normalized spacial score (nSPS) is 13.4. The van der Waals surface area contributed by atoms with Crippen LogP contribution in [0, 0.1) is 0 Å². The number of esters is 3. The Morgan fingerprint density at radius 3 is 0.912 bits per heavy atom. The second-order valence-electron chi connectivity index (χ2n) is 17.0. The Morgan fingerprint density at radius 2 is 0.574 bits per heavy atom. The lowest BCUT2D eigenvalue weighted by Crippen LogP contribution is -2.30. The van der Waals surface area contributed by atoms with Crippen LogP contribution in [0.2, 0.25) is 0 Å². The highest BCUT2D eigenvalue weighted by atomic mass is 16.6. The van der Waals surface area contributed by atoms with Crippen LogP contribution in [0.4, 0.5) is 0 Å². The van der Waals surface area contributed by atoms with Crippen LogP contribution in [-0.4, -0.2) is 37.2 Å². The van der Waals surface area contributed by atoms with Gasteiger partial charge in [0, 0.05) is 19.3 Å². The zero-order valence-corrected chi connectivity index (χ0v) is 43.0. The van der Waals surface area contributed by atoms with E-state index in [0.717, 1.165) is 116 Å². The Morgan fingerprint density at radius 1 is 0.309 bits per heavy atom. The molecule has 0 radical (unpaired) electrons. The SMILES string of the molecule is CC\C=C/C=C\C=C/C=C\C=C\C=C/CCCCCC(=O)OC(COC(=O)CCCCCCC\C=C/C=C\C=C/C=C\CC)COC(=O)CCCCCCC\C=C/C=C\C=C/CCCCCCC. The highest BCUT2D eigenvalue weighted by Crippen LogP contribution is 2.12. The third-order valence-electron chi connectivity index (χ3n) is 10.6. The van der Waals surface area contributed by atoms with Crippen molar-refractivity contribution < 1.29 is 28.6 Å². The number of carbonyl (C=O) groups excluding carboxylic acids is 3. The number of hydrogen-bond donors (Lipinski definition) is 0. The van der Waals surface area contributed by atoms with E-state index >= 15 is 0 Å². The van der Waals surface area contributed by atoms with Crippen LogP contribution in [0.1, 0.15) is 194 Å². The maximum Gasteiger partial charge on any atom is 0.306 e. The molecule has 0 saturated carbocycles. The van der Waals surface area contributed by atoms with Gasteiger partial charge in [-0.1, -0.05) is 249 Å². The van der Waals surface area contributed by atoms with Crippen molar-refractivity contribution in [3.05, 3.63) is 158 Å². The number of hydrogen-bond acceptors (Lipinski definition) is 6. The van der Waals surface area contributed by atoms with Gasteiger partial charge in [0.1, 0.15) is 13.2 Å². The van der Waals surface area contributed by atoms with Gasteiger partial charge in [-0.15, -0.1) is 0 Å². The van der Waals surface area contributed by atoms with Gasteiger partial charge in [0.25, 0.3) is 0 Å². The summed E-state index contributed by atoms with van der Waals surface area (Å²) in [6, 6.07) is 0. The zero-order chi connectivity index (χ0) is 49.3. The maximum atomic E-state index is 12.8. The molecule has 0 aliphatic carbocycles. The van der Waals surface area contributed by atoms with Gasteiger partial charge >= 0.3 is 17.9 Å². The first-order valence-electron chi connectivity index (χ1n) is 26.7. The summed E-state index contributed by atoms with van der Waals surface area (Å²) in [4.78, 5) is 38.1. The number of allylic oxidation sites excluding steroid dienone is 26. The van der Waals surface area contributed by atoms with Gasteiger partial charge in [-0.3, -0.25) is 14.4 Å². The molecule has 0 aromatic rings. The predicted octanol–water partition coefficient (Wildman–Crippen LogP) is 17.8. The fraction of sp³-hybridized carbons (Fsp3) is 0.532. The lowest BCUT2D eigenvalue weighted by Gasteiger charge is -2.18. The maximum absolute atomic E-state index is 12.8. The van der Waals surface area contributed by atoms with Crippen molar-refractivity contribution in [2.75, 3.05) is 13.2 Å². The van der Waals surface area contributed by atoms with Crippen LogP contribution in [0.15, 0.2) is 158 Å². The van der Waals surface area contributed by atoms with E-state index in [0.29, 0.717) is 19.3 Å². The molecule has 0 fully saturated rings. The molecule has 0 saturated heterocycles. The van der Waals surface area contributed by atoms with Crippen LogP contribution in [-0.2, 0) is 28.6 Å². The van der Waals surface area contributed by atoms with E-state index in [4.69, 9.17) is 14.2 Å². The largest absolute Gasteiger partial charge is 0.462 e. The molecule has 6 nitrogen and oxygen atoms in total. The monoisotopic (exact) mass is 935 g/mol. The molecular formula is C62H94O6. The minimum Gasteiger partial charge on any atom is -0.462 e. The van der Waals surface area contributed by atoms with Crippen LogP contribution in [0.3, 0.4) is 0 Å². The molecule has 0 bridgehead atoms. The summed E-state index contributed by atoms with van der Waals surface area (Å²) in [6.45, 7) is 6.24. The van der Waals surface area contributed by atoms with Crippen molar-refractivity contribution in [2.45, 2.75) is 200 Å². The van der Waals surface area contributed by atoms with Gasteiger partial charge in [0.2, 0.25) is 0 Å². The summed E-state index contributed by atoms with van der Waals surface area (Å²) >= 11 is 0. The molecule has 0 N–H and O–H groups in total. The molecule has 0 heterocycles. The Balaban J connectivity index is 4.60. The molecule has 0 spiro atoms. The highest BCUT2D eigenvalue weighted by Gasteiger charge is 2.19. The van der Waals surface area contributed by atoms with Crippen molar-refractivity contribution in [3.63, 3.8) is 0 Å². The molecule has 0 amide bonds. The number of rotatable bonds is 45. The van der Waals surface area contributed by atoms with Crippen molar-refractivity contribution in [2.24, 2.45) is 0 Å². The molecule has 1 atom stereocenters. The van der Waals surface area contributed by atoms with Gasteiger partial charge in [-0.05, 0) is 83.5 Å². The summed E-state index contributed by atoms with van der Waals surface area (Å²) in [6.07, 6.45) is 79.3. The first-order valence-corrected chi connectivity index (χ1v) is 26.7. The summed E-state index contributed by atoms with van der Waals surface area (Å²) in [5, 5.41) is 0. The summed E-state index contributed by atoms with van der Waals surface area (Å²) in [5.74, 6) is -1.02. The van der Waals surface area contributed by atoms with Gasteiger partial charge in [-0.25, -0.2) is 0 Å². The molecule has 68 heavy (non-hydrogen) atoms. The second kappa shape index (κ2) is 54.6. The lowest BCUT2D eigenvalue weighted by atomic mass is 10.1. The van der Waals surface area contributed by atoms with E-state index in [1.165, 1.54) is 32.1 Å². The van der Waals surface area contributed by atoms with Gasteiger partial charge in [-0.2, -0.15) is 0 Å². The zero-order valence-electron chi connectivity index (χ0n) is 43.0. The number of unbranched alkanes of at least 4 members (excludes halogenated alkanes) is 18. The first kappa shape index (κ1) is 63.0. The molecule has 0 rings (SSSR count). The van der Waals surface area contributed by atoms with Crippen LogP contribution < -0.4 is 0 Å². The third-order valence-corrected chi connectivity index (χ3v) is 10.6. The van der Waals surface area contributed by atoms with Crippen molar-refractivity contribution in [3.8, 4) is 0 Å². The predicted molar refractivity (Wildman–Crippen MR) is 292 cm³/mol. The van der Waals surface area contributed by atoms with E-state index in [2.05, 4.69) is 93.7 Å². The molecule has 0 aliphatic rings. The summed E-state index contributed by atoms with van der Waals surface area (Å²) in [5.41, 5.74) is 0. The van der Waals surface area contributed by atoms with Gasteiger partial charge in [0.15, 0.2) is 6.10 Å². The smallest absolute Gasteiger partial charge is 0.306 e. The summed E-state index contributed by atoms with van der Waals surface area (Å²) < 4.78 is 16.7. The molecule has 0 aliphatic heterocycles. The van der Waals surface area contributed by atoms with Crippen LogP contribution in [0.5, 0.6) is 0 Å². The molecule has 6 heteroatoms. The first-order chi connectivity index (χ1) is 33.5. The molecular weight excluding hydrogens is 841 g/mol. The fourth-order valence-corrected chi connectivity index (χ4v) is 6.60. The average Bonchev–Trinajstić information content (AvgIpc) is 3.34. The molecule has 0 aromatic heterocycles. The van der Waals surface area contributed by atoms with E-state index in [-0.39, 0.29) is 37.5 Å². The fourth-order valence-electron chi connectivity index (χ4n) is 6.60. The Bertz CT molecular complexity index is 1590. The van der Waals surface area contributed by atoms with E-state index < -0.39 is 6.10 Å². The third kappa shape index (κ3) is 52.0. The van der Waals surface area contributed by atoms with Crippen LogP contribution >= 0.6 is 0 Å². The number of carbonyl (C=O) groups is 3. The van der Waals surface area contributed by atoms with Gasteiger partial charge in [0.05, 0.1) is 0 Å².